The van der Waals surface area contributed by atoms with Crippen molar-refractivity contribution in [3.63, 3.8) is 0 Å². The molecule has 7 heteroatoms. The highest BCUT2D eigenvalue weighted by molar-refractivity contribution is 6.30. The minimum absolute atomic E-state index is 0.106. The Morgan fingerprint density at radius 3 is 2.67 bits per heavy atom. The van der Waals surface area contributed by atoms with Gasteiger partial charge in [-0.25, -0.2) is 4.98 Å². The number of aryl methyl sites for hydroxylation is 1. The lowest BCUT2D eigenvalue weighted by atomic mass is 10.2. The van der Waals surface area contributed by atoms with Crippen molar-refractivity contribution in [1.82, 2.24) is 9.97 Å². The molecule has 0 aliphatic heterocycles. The van der Waals surface area contributed by atoms with E-state index in [1.165, 1.54) is 6.20 Å². The summed E-state index contributed by atoms with van der Waals surface area (Å²) in [5, 5.41) is 9.20. The van der Waals surface area contributed by atoms with Gasteiger partial charge in [0.15, 0.2) is 0 Å². The smallest absolute Gasteiger partial charge is 0.303 e. The summed E-state index contributed by atoms with van der Waals surface area (Å²) in [6.45, 7) is 0.107. The maximum Gasteiger partial charge on any atom is 0.303 e. The van der Waals surface area contributed by atoms with Gasteiger partial charge < -0.3 is 14.8 Å². The van der Waals surface area contributed by atoms with E-state index in [9.17, 15) is 9.59 Å². The van der Waals surface area contributed by atoms with Gasteiger partial charge in [-0.15, -0.1) is 0 Å². The summed E-state index contributed by atoms with van der Waals surface area (Å²) < 4.78 is 5.45. The molecule has 2 N–H and O–H groups in total. The number of halogens is 1. The summed E-state index contributed by atoms with van der Waals surface area (Å²) in [6, 6.07) is 6.81. The van der Waals surface area contributed by atoms with Crippen LogP contribution >= 0.6 is 11.6 Å². The van der Waals surface area contributed by atoms with Crippen LogP contribution in [0.4, 0.5) is 0 Å². The summed E-state index contributed by atoms with van der Waals surface area (Å²) in [5.74, 6) is 0.0237. The van der Waals surface area contributed by atoms with E-state index in [-0.39, 0.29) is 25.0 Å². The van der Waals surface area contributed by atoms with Gasteiger partial charge in [0, 0.05) is 23.2 Å². The van der Waals surface area contributed by atoms with Gasteiger partial charge in [0.1, 0.15) is 18.2 Å². The van der Waals surface area contributed by atoms with Gasteiger partial charge in [-0.1, -0.05) is 11.6 Å². The van der Waals surface area contributed by atoms with E-state index in [0.717, 1.165) is 0 Å². The summed E-state index contributed by atoms with van der Waals surface area (Å²) in [7, 11) is 0. The summed E-state index contributed by atoms with van der Waals surface area (Å²) >= 11 is 5.76. The highest BCUT2D eigenvalue weighted by atomic mass is 35.5. The van der Waals surface area contributed by atoms with Gasteiger partial charge in [-0.05, 0) is 30.7 Å². The Labute approximate surface area is 125 Å². The molecule has 0 amide bonds. The van der Waals surface area contributed by atoms with Crippen molar-refractivity contribution in [2.45, 2.75) is 19.4 Å². The van der Waals surface area contributed by atoms with Crippen LogP contribution < -0.4 is 10.3 Å². The van der Waals surface area contributed by atoms with E-state index < -0.39 is 5.97 Å². The van der Waals surface area contributed by atoms with Gasteiger partial charge >= 0.3 is 5.97 Å². The maximum absolute atomic E-state index is 11.7. The highest BCUT2D eigenvalue weighted by Crippen LogP contribution is 2.16. The molecule has 0 atom stereocenters. The average molecular weight is 309 g/mol. The van der Waals surface area contributed by atoms with Crippen molar-refractivity contribution in [3.05, 3.63) is 57.2 Å². The second-order valence-corrected chi connectivity index (χ2v) is 4.76. The molecule has 0 radical (unpaired) electrons. The minimum atomic E-state index is -0.954. The summed E-state index contributed by atoms with van der Waals surface area (Å²) in [5.41, 5.74) is -0.00593. The van der Waals surface area contributed by atoms with Crippen molar-refractivity contribution >= 4 is 17.6 Å². The van der Waals surface area contributed by atoms with Crippen molar-refractivity contribution in [2.75, 3.05) is 0 Å². The molecule has 0 saturated heterocycles. The molecule has 21 heavy (non-hydrogen) atoms. The van der Waals surface area contributed by atoms with E-state index in [4.69, 9.17) is 21.4 Å². The molecular weight excluding hydrogens is 296 g/mol. The third-order valence-corrected chi connectivity index (χ3v) is 2.98. The number of nitrogens with one attached hydrogen (secondary N) is 1. The molecule has 0 unspecified atom stereocenters. The van der Waals surface area contributed by atoms with Crippen molar-refractivity contribution in [2.24, 2.45) is 0 Å². The molecule has 110 valence electrons. The molecule has 2 rings (SSSR count). The number of carbonyl (C=O) groups is 1. The van der Waals surface area contributed by atoms with Crippen LogP contribution in [-0.4, -0.2) is 21.0 Å². The van der Waals surface area contributed by atoms with E-state index in [2.05, 4.69) is 9.97 Å². The van der Waals surface area contributed by atoms with Crippen LogP contribution in [0, 0.1) is 0 Å². The Morgan fingerprint density at radius 2 is 2.05 bits per heavy atom. The maximum atomic E-state index is 11.7. The number of aromatic nitrogens is 2. The fourth-order valence-corrected chi connectivity index (χ4v) is 1.76. The van der Waals surface area contributed by atoms with Crippen LogP contribution in [0.25, 0.3) is 0 Å². The molecule has 2 aromatic rings. The van der Waals surface area contributed by atoms with E-state index in [1.807, 2.05) is 0 Å². The third kappa shape index (κ3) is 4.61. The quantitative estimate of drug-likeness (QED) is 0.851. The third-order valence-electron chi connectivity index (χ3n) is 2.72. The molecule has 1 heterocycles. The lowest BCUT2D eigenvalue weighted by Gasteiger charge is -2.06. The number of carboxylic acids is 1. The number of H-pyrrole nitrogens is 1. The lowest BCUT2D eigenvalue weighted by Crippen LogP contribution is -2.18. The van der Waals surface area contributed by atoms with Crippen molar-refractivity contribution in [3.8, 4) is 5.75 Å². The van der Waals surface area contributed by atoms with Crippen LogP contribution in [0.1, 0.15) is 17.8 Å². The van der Waals surface area contributed by atoms with Crippen LogP contribution in [0.5, 0.6) is 5.75 Å². The Hall–Kier alpha value is -2.34. The first-order valence-electron chi connectivity index (χ1n) is 6.22. The predicted octanol–water partition coefficient (Wildman–Crippen LogP) is 2.02. The zero-order valence-corrected chi connectivity index (χ0v) is 11.8. The molecule has 0 saturated carbocycles. The zero-order chi connectivity index (χ0) is 15.2. The van der Waals surface area contributed by atoms with Crippen molar-refractivity contribution in [1.29, 1.82) is 0 Å². The second-order valence-electron chi connectivity index (χ2n) is 4.32. The van der Waals surface area contributed by atoms with Crippen LogP contribution in [-0.2, 0) is 17.8 Å². The monoisotopic (exact) mass is 308 g/mol. The molecule has 1 aromatic carbocycles. The van der Waals surface area contributed by atoms with Crippen LogP contribution in [0.15, 0.2) is 35.3 Å². The van der Waals surface area contributed by atoms with Gasteiger partial charge in [-0.3, -0.25) is 9.59 Å². The van der Waals surface area contributed by atoms with Gasteiger partial charge in [0.05, 0.1) is 0 Å². The summed E-state index contributed by atoms with van der Waals surface area (Å²) in [4.78, 5) is 28.8. The lowest BCUT2D eigenvalue weighted by molar-refractivity contribution is -0.136. The first-order valence-corrected chi connectivity index (χ1v) is 6.59. The molecule has 0 bridgehead atoms. The SMILES string of the molecule is O=C(O)CCc1cnc(COc2ccc(Cl)cc2)[nH]c1=O. The molecule has 0 aliphatic rings. The predicted molar refractivity (Wildman–Crippen MR) is 76.6 cm³/mol. The molecule has 0 fully saturated rings. The first-order chi connectivity index (χ1) is 10.0. The fraction of sp³-hybridized carbons (Fsp3) is 0.214. The normalized spacial score (nSPS) is 10.3. The summed E-state index contributed by atoms with van der Waals surface area (Å²) in [6.07, 6.45) is 1.42. The second kappa shape index (κ2) is 6.90. The number of hydrogen-bond donors (Lipinski definition) is 2. The Morgan fingerprint density at radius 1 is 1.33 bits per heavy atom. The van der Waals surface area contributed by atoms with Crippen molar-refractivity contribution < 1.29 is 14.6 Å². The minimum Gasteiger partial charge on any atom is -0.486 e. The van der Waals surface area contributed by atoms with Crippen LogP contribution in [0.3, 0.4) is 0 Å². The van der Waals surface area contributed by atoms with Gasteiger partial charge in [0.25, 0.3) is 5.56 Å². The molecular formula is C14H13ClN2O4. The van der Waals surface area contributed by atoms with E-state index in [0.29, 0.717) is 22.2 Å². The standard InChI is InChI=1S/C14H13ClN2O4/c15-10-2-4-11(5-3-10)21-8-12-16-7-9(14(20)17-12)1-6-13(18)19/h2-5,7H,1,6,8H2,(H,18,19)(H,16,17,20). The number of nitrogens with zero attached hydrogens (tertiary/aromatic N) is 1. The van der Waals surface area contributed by atoms with E-state index >= 15 is 0 Å². The number of benzene rings is 1. The van der Waals surface area contributed by atoms with Gasteiger partial charge in [-0.2, -0.15) is 0 Å². The molecule has 0 spiro atoms. The molecule has 1 aromatic heterocycles. The topological polar surface area (TPSA) is 92.3 Å². The highest BCUT2D eigenvalue weighted by Gasteiger charge is 2.06. The van der Waals surface area contributed by atoms with Gasteiger partial charge in [0.2, 0.25) is 0 Å². The molecule has 6 nitrogen and oxygen atoms in total. The average Bonchev–Trinajstić information content (AvgIpc) is 2.45. The van der Waals surface area contributed by atoms with Crippen LogP contribution in [0.2, 0.25) is 5.02 Å². The first kappa shape index (κ1) is 15.1. The molecule has 0 aliphatic carbocycles. The van der Waals surface area contributed by atoms with E-state index in [1.54, 1.807) is 24.3 Å². The zero-order valence-electron chi connectivity index (χ0n) is 11.0. The number of aliphatic carboxylic acids is 1. The number of carboxylic acid groups (broad SMARTS) is 1. The number of ether oxygens (including phenoxy) is 1. The Kier molecular flexibility index (Phi) is 4.94. The Balaban J connectivity index is 1.98. The number of rotatable bonds is 6. The number of aromatic amines is 1. The largest absolute Gasteiger partial charge is 0.486 e. The Bertz CT molecular complexity index is 682. The fourth-order valence-electron chi connectivity index (χ4n) is 1.63. The number of hydrogen-bond acceptors (Lipinski definition) is 4.